The zero-order valence-electron chi connectivity index (χ0n) is 29.5. The number of ether oxygens (including phenoxy) is 4. The van der Waals surface area contributed by atoms with Crippen LogP contribution in [0.15, 0.2) is 60.7 Å². The van der Waals surface area contributed by atoms with Gasteiger partial charge in [0.25, 0.3) is 0 Å². The highest BCUT2D eigenvalue weighted by Gasteiger charge is 2.57. The lowest BCUT2D eigenvalue weighted by molar-refractivity contribution is -0.956. The maximum atomic E-state index is 14.4. The largest absolute Gasteiger partial charge is 0.510 e. The second-order valence-electron chi connectivity index (χ2n) is 14.4. The number of nitrogens with zero attached hydrogens (tertiary/aromatic N) is 1. The highest BCUT2D eigenvalue weighted by molar-refractivity contribution is 5.86. The lowest BCUT2D eigenvalue weighted by Crippen LogP contribution is -2.60. The normalized spacial score (nSPS) is 21.3. The minimum Gasteiger partial charge on any atom is -0.459 e. The number of carbonyl (C=O) groups is 2. The molecule has 3 fully saturated rings. The van der Waals surface area contributed by atoms with E-state index in [4.69, 9.17) is 18.9 Å². The quantitative estimate of drug-likeness (QED) is 0.0609. The Morgan fingerprint density at radius 1 is 0.688 bits per heavy atom. The molecule has 264 valence electrons. The topological polar surface area (TPSA) is 71.1 Å². The zero-order valence-corrected chi connectivity index (χ0v) is 29.5. The Bertz CT molecular complexity index is 1170. The van der Waals surface area contributed by atoms with Crippen molar-refractivity contribution in [1.29, 1.82) is 0 Å². The average Bonchev–Trinajstić information content (AvgIpc) is 3.66. The molecule has 2 aromatic rings. The van der Waals surface area contributed by atoms with Gasteiger partial charge in [-0.3, -0.25) is 0 Å². The van der Waals surface area contributed by atoms with E-state index < -0.39 is 24.5 Å². The fraction of sp³-hybridized carbons (Fsp3) is 0.659. The van der Waals surface area contributed by atoms with Gasteiger partial charge < -0.3 is 23.4 Å². The molecule has 1 spiro atoms. The molecule has 7 heteroatoms. The van der Waals surface area contributed by atoms with Crippen LogP contribution in [0.3, 0.4) is 0 Å². The van der Waals surface area contributed by atoms with E-state index >= 15 is 0 Å². The summed E-state index contributed by atoms with van der Waals surface area (Å²) in [5.74, 6) is -0.465. The molecule has 2 aromatic carbocycles. The predicted octanol–water partition coefficient (Wildman–Crippen LogP) is 9.61. The number of carbonyl (C=O) groups excluding carboxylic acids is 2. The fourth-order valence-electron chi connectivity index (χ4n) is 8.82. The van der Waals surface area contributed by atoms with Crippen LogP contribution in [0.4, 0.5) is 4.79 Å². The molecule has 3 saturated heterocycles. The Balaban J connectivity index is 1.12. The van der Waals surface area contributed by atoms with E-state index in [1.807, 2.05) is 60.7 Å². The predicted molar refractivity (Wildman–Crippen MR) is 188 cm³/mol. The highest BCUT2D eigenvalue weighted by atomic mass is 16.8. The van der Waals surface area contributed by atoms with Gasteiger partial charge in [0.05, 0.1) is 31.8 Å². The maximum absolute atomic E-state index is 14.4. The second kappa shape index (κ2) is 18.7. The SMILES string of the molecule is CCCCCCCCCCCCCCOC(=O)OCOC(C(=O)OC1CC2CCC(C1)[N+]21CCCC1)(c1ccccc1)c1ccccc1. The van der Waals surface area contributed by atoms with E-state index in [0.717, 1.165) is 32.1 Å². The minimum absolute atomic E-state index is 0.156. The third-order valence-electron chi connectivity index (χ3n) is 11.3. The Morgan fingerprint density at radius 2 is 1.19 bits per heavy atom. The molecule has 2 atom stereocenters. The molecule has 0 radical (unpaired) electrons. The van der Waals surface area contributed by atoms with Crippen LogP contribution in [0.5, 0.6) is 0 Å². The van der Waals surface area contributed by atoms with Gasteiger partial charge in [-0.05, 0) is 17.5 Å². The standard InChI is InChI=1S/C41H60NO6/c1-2-3-4-5-6-7-8-9-10-11-12-21-30-45-40(44)46-33-47-41(34-22-15-13-16-23-34,35-24-17-14-18-25-35)39(43)48-38-31-36-26-27-37(32-38)42(36)28-19-20-29-42/h13-18,22-25,36-38H,2-12,19-21,26-33H2,1H3/q+1. The molecular formula is C41H60NO6+. The number of hydrogen-bond donors (Lipinski definition) is 0. The summed E-state index contributed by atoms with van der Waals surface area (Å²) >= 11 is 0. The number of benzene rings is 2. The molecule has 3 aliphatic heterocycles. The molecule has 5 rings (SSSR count). The summed E-state index contributed by atoms with van der Waals surface area (Å²) in [4.78, 5) is 27.0. The number of hydrogen-bond acceptors (Lipinski definition) is 6. The van der Waals surface area contributed by atoms with Crippen molar-refractivity contribution in [1.82, 2.24) is 0 Å². The second-order valence-corrected chi connectivity index (χ2v) is 14.4. The van der Waals surface area contributed by atoms with Gasteiger partial charge in [-0.25, -0.2) is 9.59 Å². The number of rotatable bonds is 20. The van der Waals surface area contributed by atoms with E-state index in [0.29, 0.717) is 29.8 Å². The first-order chi connectivity index (χ1) is 23.6. The van der Waals surface area contributed by atoms with Crippen molar-refractivity contribution in [3.63, 3.8) is 0 Å². The van der Waals surface area contributed by atoms with Gasteiger partial charge in [0, 0.05) is 38.5 Å². The first-order valence-electron chi connectivity index (χ1n) is 19.2. The summed E-state index contributed by atoms with van der Waals surface area (Å²) < 4.78 is 24.8. The molecule has 0 aliphatic carbocycles. The van der Waals surface area contributed by atoms with Crippen LogP contribution < -0.4 is 0 Å². The van der Waals surface area contributed by atoms with Crippen molar-refractivity contribution in [2.45, 2.75) is 146 Å². The first kappa shape index (κ1) is 36.4. The summed E-state index contributed by atoms with van der Waals surface area (Å²) in [6.45, 7) is 4.67. The summed E-state index contributed by atoms with van der Waals surface area (Å²) in [5.41, 5.74) is -0.317. The Morgan fingerprint density at radius 3 is 1.71 bits per heavy atom. The lowest BCUT2D eigenvalue weighted by atomic mass is 9.85. The fourth-order valence-corrected chi connectivity index (χ4v) is 8.82. The maximum Gasteiger partial charge on any atom is 0.510 e. The summed E-state index contributed by atoms with van der Waals surface area (Å²) in [6, 6.07) is 20.0. The van der Waals surface area contributed by atoms with Crippen LogP contribution in [-0.2, 0) is 29.3 Å². The Hall–Kier alpha value is -2.90. The smallest absolute Gasteiger partial charge is 0.459 e. The van der Waals surface area contributed by atoms with Gasteiger partial charge in [0.2, 0.25) is 5.60 Å². The van der Waals surface area contributed by atoms with E-state index in [2.05, 4.69) is 6.92 Å². The summed E-state index contributed by atoms with van der Waals surface area (Å²) in [7, 11) is 0. The van der Waals surface area contributed by atoms with E-state index in [1.165, 1.54) is 101 Å². The molecule has 3 aliphatic rings. The average molecular weight is 663 g/mol. The third-order valence-corrected chi connectivity index (χ3v) is 11.3. The van der Waals surface area contributed by atoms with E-state index in [1.54, 1.807) is 0 Å². The monoisotopic (exact) mass is 662 g/mol. The highest BCUT2D eigenvalue weighted by Crippen LogP contribution is 2.47. The molecule has 3 heterocycles. The van der Waals surface area contributed by atoms with Gasteiger partial charge in [-0.2, -0.15) is 0 Å². The Labute approximate surface area is 289 Å². The molecule has 0 aromatic heterocycles. The molecule has 48 heavy (non-hydrogen) atoms. The first-order valence-corrected chi connectivity index (χ1v) is 19.2. The van der Waals surface area contributed by atoms with E-state index in [-0.39, 0.29) is 6.10 Å². The van der Waals surface area contributed by atoms with Crippen LogP contribution in [0.1, 0.15) is 134 Å². The summed E-state index contributed by atoms with van der Waals surface area (Å²) in [5, 5.41) is 0. The number of esters is 1. The molecule has 0 N–H and O–H groups in total. The number of unbranched alkanes of at least 4 members (excludes halogenated alkanes) is 11. The summed E-state index contributed by atoms with van der Waals surface area (Å²) in [6.07, 6.45) is 20.8. The van der Waals surface area contributed by atoms with Crippen molar-refractivity contribution in [3.05, 3.63) is 71.8 Å². The number of piperidine rings is 1. The molecule has 2 bridgehead atoms. The molecule has 2 unspecified atom stereocenters. The van der Waals surface area contributed by atoms with Crippen molar-refractivity contribution in [2.75, 3.05) is 26.5 Å². The van der Waals surface area contributed by atoms with Gasteiger partial charge in [-0.15, -0.1) is 0 Å². The Kier molecular flexibility index (Phi) is 14.2. The van der Waals surface area contributed by atoms with Crippen LogP contribution in [0.25, 0.3) is 0 Å². The van der Waals surface area contributed by atoms with Gasteiger partial charge in [-0.1, -0.05) is 138 Å². The zero-order chi connectivity index (χ0) is 33.5. The van der Waals surface area contributed by atoms with E-state index in [9.17, 15) is 9.59 Å². The third kappa shape index (κ3) is 9.20. The lowest BCUT2D eigenvalue weighted by Gasteiger charge is -2.47. The van der Waals surface area contributed by atoms with Crippen molar-refractivity contribution in [3.8, 4) is 0 Å². The van der Waals surface area contributed by atoms with Crippen LogP contribution in [-0.4, -0.2) is 61.3 Å². The van der Waals surface area contributed by atoms with Crippen molar-refractivity contribution < 1.29 is 33.0 Å². The molecule has 0 amide bonds. The number of quaternary nitrogens is 1. The van der Waals surface area contributed by atoms with Gasteiger partial charge in [0.1, 0.15) is 6.10 Å². The molecule has 0 saturated carbocycles. The molecule has 7 nitrogen and oxygen atoms in total. The van der Waals surface area contributed by atoms with Gasteiger partial charge in [0.15, 0.2) is 6.79 Å². The minimum atomic E-state index is -1.59. The van der Waals surface area contributed by atoms with Crippen molar-refractivity contribution in [2.24, 2.45) is 0 Å². The van der Waals surface area contributed by atoms with Crippen molar-refractivity contribution >= 4 is 12.1 Å². The van der Waals surface area contributed by atoms with Crippen LogP contribution >= 0.6 is 0 Å². The molecular weight excluding hydrogens is 602 g/mol. The van der Waals surface area contributed by atoms with Crippen LogP contribution in [0.2, 0.25) is 0 Å². The van der Waals surface area contributed by atoms with Gasteiger partial charge >= 0.3 is 12.1 Å². The van der Waals surface area contributed by atoms with Crippen LogP contribution in [0, 0.1) is 0 Å².